The van der Waals surface area contributed by atoms with Crippen LogP contribution in [0.2, 0.25) is 0 Å². The third-order valence-corrected chi connectivity index (χ3v) is 5.67. The van der Waals surface area contributed by atoms with Crippen LogP contribution in [0.1, 0.15) is 48.2 Å². The Balaban J connectivity index is 1.33. The van der Waals surface area contributed by atoms with Crippen LogP contribution in [-0.2, 0) is 0 Å². The van der Waals surface area contributed by atoms with E-state index in [1.165, 1.54) is 50.8 Å². The number of aromatic nitrogens is 1. The Morgan fingerprint density at radius 3 is 2.62 bits per heavy atom. The van der Waals surface area contributed by atoms with Crippen LogP contribution in [0.5, 0.6) is 0 Å². The molecule has 1 N–H and O–H groups in total. The van der Waals surface area contributed by atoms with E-state index in [0.29, 0.717) is 11.5 Å². The number of rotatable bonds is 6. The SMILES string of the molecule is Cc1ccc(-c2cc(C(=O)NCC3(CN4CCCCC4)CC3)no2)cc1. The first kappa shape index (κ1) is 17.3. The summed E-state index contributed by atoms with van der Waals surface area (Å²) < 4.78 is 5.36. The van der Waals surface area contributed by atoms with Gasteiger partial charge in [0.15, 0.2) is 11.5 Å². The first-order chi connectivity index (χ1) is 12.6. The number of aryl methyl sites for hydroxylation is 1. The van der Waals surface area contributed by atoms with E-state index in [-0.39, 0.29) is 11.3 Å². The summed E-state index contributed by atoms with van der Waals surface area (Å²) >= 11 is 0. The van der Waals surface area contributed by atoms with Crippen molar-refractivity contribution >= 4 is 5.91 Å². The predicted molar refractivity (Wildman–Crippen MR) is 101 cm³/mol. The highest BCUT2D eigenvalue weighted by atomic mass is 16.5. The van der Waals surface area contributed by atoms with Gasteiger partial charge in [0.2, 0.25) is 0 Å². The number of piperidine rings is 1. The van der Waals surface area contributed by atoms with Crippen LogP contribution in [0.3, 0.4) is 0 Å². The summed E-state index contributed by atoms with van der Waals surface area (Å²) in [6.07, 6.45) is 6.39. The Morgan fingerprint density at radius 2 is 1.92 bits per heavy atom. The molecular formula is C21H27N3O2. The van der Waals surface area contributed by atoms with E-state index in [2.05, 4.69) is 15.4 Å². The molecule has 26 heavy (non-hydrogen) atoms. The van der Waals surface area contributed by atoms with Crippen molar-refractivity contribution in [2.45, 2.75) is 39.0 Å². The van der Waals surface area contributed by atoms with Crippen LogP contribution in [0.15, 0.2) is 34.9 Å². The molecule has 1 aliphatic heterocycles. The highest BCUT2D eigenvalue weighted by molar-refractivity contribution is 5.93. The first-order valence-corrected chi connectivity index (χ1v) is 9.68. The molecule has 5 heteroatoms. The van der Waals surface area contributed by atoms with Crippen molar-refractivity contribution < 1.29 is 9.32 Å². The van der Waals surface area contributed by atoms with Crippen molar-refractivity contribution in [2.75, 3.05) is 26.2 Å². The highest BCUT2D eigenvalue weighted by Crippen LogP contribution is 2.46. The summed E-state index contributed by atoms with van der Waals surface area (Å²) in [5, 5.41) is 7.03. The fourth-order valence-electron chi connectivity index (χ4n) is 3.75. The third kappa shape index (κ3) is 3.98. The molecule has 0 bridgehead atoms. The summed E-state index contributed by atoms with van der Waals surface area (Å²) in [6, 6.07) is 9.74. The minimum absolute atomic E-state index is 0.142. The number of hydrogen-bond acceptors (Lipinski definition) is 4. The molecule has 1 saturated carbocycles. The van der Waals surface area contributed by atoms with Crippen LogP contribution in [0.25, 0.3) is 11.3 Å². The molecule has 1 aromatic heterocycles. The van der Waals surface area contributed by atoms with Gasteiger partial charge in [-0.25, -0.2) is 0 Å². The molecule has 138 valence electrons. The van der Waals surface area contributed by atoms with Gasteiger partial charge in [0.1, 0.15) is 0 Å². The second-order valence-electron chi connectivity index (χ2n) is 7.96. The lowest BCUT2D eigenvalue weighted by Crippen LogP contribution is -2.40. The Labute approximate surface area is 154 Å². The van der Waals surface area contributed by atoms with E-state index >= 15 is 0 Å². The molecule has 2 aliphatic rings. The summed E-state index contributed by atoms with van der Waals surface area (Å²) in [5.41, 5.74) is 2.76. The van der Waals surface area contributed by atoms with Gasteiger partial charge in [0.25, 0.3) is 5.91 Å². The number of hydrogen-bond donors (Lipinski definition) is 1. The molecule has 1 amide bonds. The second kappa shape index (κ2) is 7.23. The first-order valence-electron chi connectivity index (χ1n) is 9.68. The van der Waals surface area contributed by atoms with Crippen molar-refractivity contribution in [3.8, 4) is 11.3 Å². The zero-order chi connectivity index (χ0) is 18.0. The lowest BCUT2D eigenvalue weighted by molar-refractivity contribution is 0.0927. The largest absolute Gasteiger partial charge is 0.355 e. The molecule has 1 aliphatic carbocycles. The van der Waals surface area contributed by atoms with Gasteiger partial charge in [-0.05, 0) is 45.7 Å². The average molecular weight is 353 g/mol. The van der Waals surface area contributed by atoms with Gasteiger partial charge in [-0.3, -0.25) is 4.79 Å². The molecule has 0 spiro atoms. The zero-order valence-corrected chi connectivity index (χ0v) is 15.5. The number of likely N-dealkylation sites (tertiary alicyclic amines) is 1. The van der Waals surface area contributed by atoms with Crippen LogP contribution in [-0.4, -0.2) is 42.1 Å². The zero-order valence-electron chi connectivity index (χ0n) is 15.5. The smallest absolute Gasteiger partial charge is 0.273 e. The van der Waals surface area contributed by atoms with Crippen molar-refractivity contribution in [3.05, 3.63) is 41.6 Å². The number of nitrogens with zero attached hydrogens (tertiary/aromatic N) is 2. The standard InChI is InChI=1S/C21H27N3O2/c1-16-5-7-17(8-6-16)19-13-18(23-26-19)20(25)22-14-21(9-10-21)15-24-11-3-2-4-12-24/h5-8,13H,2-4,9-12,14-15H2,1H3,(H,22,25). The lowest BCUT2D eigenvalue weighted by Gasteiger charge is -2.30. The fraction of sp³-hybridized carbons (Fsp3) is 0.524. The molecule has 0 unspecified atom stereocenters. The predicted octanol–water partition coefficient (Wildman–Crippen LogP) is 3.65. The molecule has 2 aromatic rings. The van der Waals surface area contributed by atoms with Crippen molar-refractivity contribution in [1.29, 1.82) is 0 Å². The maximum atomic E-state index is 12.5. The molecule has 2 heterocycles. The third-order valence-electron chi connectivity index (χ3n) is 5.67. The van der Waals surface area contributed by atoms with Gasteiger partial charge < -0.3 is 14.7 Å². The van der Waals surface area contributed by atoms with Gasteiger partial charge in [-0.2, -0.15) is 0 Å². The maximum absolute atomic E-state index is 12.5. The van der Waals surface area contributed by atoms with Gasteiger partial charge in [0, 0.05) is 30.1 Å². The number of carbonyl (C=O) groups excluding carboxylic acids is 1. The molecule has 1 aromatic carbocycles. The lowest BCUT2D eigenvalue weighted by atomic mass is 10.0. The Morgan fingerprint density at radius 1 is 1.19 bits per heavy atom. The van der Waals surface area contributed by atoms with E-state index in [1.54, 1.807) is 6.07 Å². The van der Waals surface area contributed by atoms with Crippen LogP contribution in [0, 0.1) is 12.3 Å². The van der Waals surface area contributed by atoms with Crippen LogP contribution < -0.4 is 5.32 Å². The molecule has 1 saturated heterocycles. The second-order valence-corrected chi connectivity index (χ2v) is 7.96. The van der Waals surface area contributed by atoms with Crippen molar-refractivity contribution in [1.82, 2.24) is 15.4 Å². The van der Waals surface area contributed by atoms with Crippen LogP contribution >= 0.6 is 0 Å². The summed E-state index contributed by atoms with van der Waals surface area (Å²) in [6.45, 7) is 6.30. The summed E-state index contributed by atoms with van der Waals surface area (Å²) in [5.74, 6) is 0.488. The molecular weight excluding hydrogens is 326 g/mol. The molecule has 0 radical (unpaired) electrons. The fourth-order valence-corrected chi connectivity index (χ4v) is 3.75. The minimum Gasteiger partial charge on any atom is -0.355 e. The number of carbonyl (C=O) groups is 1. The van der Waals surface area contributed by atoms with Gasteiger partial charge >= 0.3 is 0 Å². The van der Waals surface area contributed by atoms with Crippen molar-refractivity contribution in [3.63, 3.8) is 0 Å². The summed E-state index contributed by atoms with van der Waals surface area (Å²) in [7, 11) is 0. The number of nitrogens with one attached hydrogen (secondary N) is 1. The normalized spacial score (nSPS) is 19.3. The quantitative estimate of drug-likeness (QED) is 0.861. The van der Waals surface area contributed by atoms with E-state index in [1.807, 2.05) is 31.2 Å². The minimum atomic E-state index is -0.142. The van der Waals surface area contributed by atoms with E-state index in [4.69, 9.17) is 4.52 Å². The number of amides is 1. The molecule has 4 rings (SSSR count). The summed E-state index contributed by atoms with van der Waals surface area (Å²) in [4.78, 5) is 15.0. The molecule has 2 fully saturated rings. The van der Waals surface area contributed by atoms with E-state index < -0.39 is 0 Å². The topological polar surface area (TPSA) is 58.4 Å². The van der Waals surface area contributed by atoms with E-state index in [0.717, 1.165) is 18.7 Å². The van der Waals surface area contributed by atoms with Crippen molar-refractivity contribution in [2.24, 2.45) is 5.41 Å². The average Bonchev–Trinajstić information content (AvgIpc) is 3.24. The van der Waals surface area contributed by atoms with E-state index in [9.17, 15) is 4.79 Å². The Bertz CT molecular complexity index is 756. The Hall–Kier alpha value is -2.14. The molecule has 0 atom stereocenters. The maximum Gasteiger partial charge on any atom is 0.273 e. The van der Waals surface area contributed by atoms with Gasteiger partial charge in [-0.1, -0.05) is 41.4 Å². The Kier molecular flexibility index (Phi) is 4.81. The van der Waals surface area contributed by atoms with Crippen LogP contribution in [0.4, 0.5) is 0 Å². The monoisotopic (exact) mass is 353 g/mol. The highest BCUT2D eigenvalue weighted by Gasteiger charge is 2.44. The van der Waals surface area contributed by atoms with Gasteiger partial charge in [-0.15, -0.1) is 0 Å². The molecule has 5 nitrogen and oxygen atoms in total. The van der Waals surface area contributed by atoms with Gasteiger partial charge in [0.05, 0.1) is 0 Å². The number of benzene rings is 1.